The van der Waals surface area contributed by atoms with Crippen molar-refractivity contribution in [1.29, 1.82) is 0 Å². The van der Waals surface area contributed by atoms with Gasteiger partial charge in [0.05, 0.1) is 22.3 Å². The van der Waals surface area contributed by atoms with Crippen LogP contribution in [0.3, 0.4) is 0 Å². The first kappa shape index (κ1) is 73.0. The Hall–Kier alpha value is -10.8. The van der Waals surface area contributed by atoms with Gasteiger partial charge in [0.2, 0.25) is 0 Å². The van der Waals surface area contributed by atoms with Gasteiger partial charge in [0.25, 0.3) is 0 Å². The SMILES string of the molecule is CC[C@@H](N)CNc1cc(C)nc(-c2cc(-c3ccn(C)c3)ccc2O)n1.CC[C@@H](N)CNc1cc(C)nc(-c2cc(C)ccc2O)n1.CC[C@@H](N)CNc1ccnc(-c2cc(-c3ccn(C)c3)ccc2O)n1.CC[C@@H](N)CNc1nc(-c2cc(C)ccc2O)ncc1-c1ccccc1. The summed E-state index contributed by atoms with van der Waals surface area (Å²) < 4.78 is 3.98. The van der Waals surface area contributed by atoms with Gasteiger partial charge in [-0.1, -0.05) is 93.4 Å². The highest BCUT2D eigenvalue weighted by Crippen LogP contribution is 2.36. The zero-order chi connectivity index (χ0) is 70.4. The molecule has 5 aromatic carbocycles. The lowest BCUT2D eigenvalue weighted by atomic mass is 10.0. The topological polar surface area (TPSA) is 346 Å². The molecule has 0 bridgehead atoms. The highest BCUT2D eigenvalue weighted by atomic mass is 16.3. The van der Waals surface area contributed by atoms with Gasteiger partial charge in [-0.3, -0.25) is 0 Å². The minimum atomic E-state index is 0.0458. The van der Waals surface area contributed by atoms with Gasteiger partial charge in [-0.2, -0.15) is 0 Å². The number of nitrogens with one attached hydrogen (secondary N) is 4. The number of hydrogen-bond acceptors (Lipinski definition) is 20. The molecule has 4 atom stereocenters. The molecule has 16 N–H and O–H groups in total. The molecule has 0 amide bonds. The van der Waals surface area contributed by atoms with Crippen molar-refractivity contribution in [3.63, 3.8) is 0 Å². The average Bonchev–Trinajstić information content (AvgIpc) is 1.09. The molecule has 98 heavy (non-hydrogen) atoms. The van der Waals surface area contributed by atoms with E-state index in [0.29, 0.717) is 89.2 Å². The molecule has 22 nitrogen and oxygen atoms in total. The molecule has 0 saturated carbocycles. The van der Waals surface area contributed by atoms with Crippen LogP contribution in [0.15, 0.2) is 171 Å². The number of phenols is 4. The number of nitrogens with zero attached hydrogens (tertiary/aromatic N) is 10. The predicted molar refractivity (Wildman–Crippen MR) is 397 cm³/mol. The lowest BCUT2D eigenvalue weighted by Crippen LogP contribution is -2.28. The van der Waals surface area contributed by atoms with Crippen molar-refractivity contribution in [2.24, 2.45) is 37.0 Å². The Morgan fingerprint density at radius 1 is 0.378 bits per heavy atom. The Kier molecular flexibility index (Phi) is 26.3. The maximum Gasteiger partial charge on any atom is 0.165 e. The first-order valence-corrected chi connectivity index (χ1v) is 33.1. The van der Waals surface area contributed by atoms with Gasteiger partial charge >= 0.3 is 0 Å². The molecule has 11 aromatic rings. The summed E-state index contributed by atoms with van der Waals surface area (Å²) in [4.78, 5) is 36.0. The van der Waals surface area contributed by atoms with Crippen molar-refractivity contribution in [2.45, 2.75) is 105 Å². The van der Waals surface area contributed by atoms with Gasteiger partial charge in [-0.05, 0) is 148 Å². The molecule has 0 aliphatic carbocycles. The highest BCUT2D eigenvalue weighted by Gasteiger charge is 2.18. The lowest BCUT2D eigenvalue weighted by Gasteiger charge is -2.15. The molecule has 0 saturated heterocycles. The predicted octanol–water partition coefficient (Wildman–Crippen LogP) is 12.9. The fourth-order valence-corrected chi connectivity index (χ4v) is 9.93. The molecular weight excluding hydrogens is 1230 g/mol. The summed E-state index contributed by atoms with van der Waals surface area (Å²) >= 11 is 0. The summed E-state index contributed by atoms with van der Waals surface area (Å²) in [6.07, 6.45) is 15.1. The van der Waals surface area contributed by atoms with E-state index in [2.05, 4.69) is 75.0 Å². The minimum Gasteiger partial charge on any atom is -0.507 e. The van der Waals surface area contributed by atoms with E-state index in [1.807, 2.05) is 193 Å². The second-order valence-electron chi connectivity index (χ2n) is 24.4. The molecule has 0 aliphatic heterocycles. The fraction of sp³-hybridized carbons (Fsp3) is 0.289. The van der Waals surface area contributed by atoms with Crippen LogP contribution in [0, 0.1) is 27.7 Å². The van der Waals surface area contributed by atoms with Crippen LogP contribution in [0.5, 0.6) is 23.0 Å². The van der Waals surface area contributed by atoms with Crippen LogP contribution in [0.1, 0.15) is 75.9 Å². The smallest absolute Gasteiger partial charge is 0.165 e. The third-order valence-electron chi connectivity index (χ3n) is 16.1. The molecule has 0 radical (unpaired) electrons. The average molecular weight is 1320 g/mol. The van der Waals surface area contributed by atoms with Crippen molar-refractivity contribution < 1.29 is 20.4 Å². The molecule has 0 aliphatic rings. The van der Waals surface area contributed by atoms with Gasteiger partial charge in [0.15, 0.2) is 23.3 Å². The van der Waals surface area contributed by atoms with Crippen LogP contribution in [0.25, 0.3) is 78.9 Å². The summed E-state index contributed by atoms with van der Waals surface area (Å²) in [6.45, 7) is 18.5. The molecule has 0 spiro atoms. The molecular formula is C76H94N18O4. The third kappa shape index (κ3) is 20.9. The molecule has 6 aromatic heterocycles. The zero-order valence-electron chi connectivity index (χ0n) is 57.7. The van der Waals surface area contributed by atoms with Gasteiger partial charge in [-0.25, -0.2) is 39.9 Å². The Morgan fingerprint density at radius 3 is 1.22 bits per heavy atom. The maximum atomic E-state index is 10.4. The quantitative estimate of drug-likeness (QED) is 0.0283. The van der Waals surface area contributed by atoms with Crippen molar-refractivity contribution >= 4 is 23.3 Å². The monoisotopic (exact) mass is 1320 g/mol. The number of aryl methyl sites for hydroxylation is 6. The Balaban J connectivity index is 0.000000167. The van der Waals surface area contributed by atoms with Crippen molar-refractivity contribution in [3.05, 3.63) is 193 Å². The number of aromatic nitrogens is 10. The van der Waals surface area contributed by atoms with Crippen LogP contribution in [-0.4, -0.2) is 120 Å². The molecule has 0 fully saturated rings. The molecule has 11 rings (SSSR count). The van der Waals surface area contributed by atoms with E-state index in [4.69, 9.17) is 22.9 Å². The van der Waals surface area contributed by atoms with Crippen molar-refractivity contribution in [3.8, 4) is 102 Å². The fourth-order valence-electron chi connectivity index (χ4n) is 9.93. The lowest BCUT2D eigenvalue weighted by molar-refractivity contribution is 0.476. The van der Waals surface area contributed by atoms with E-state index >= 15 is 0 Å². The van der Waals surface area contributed by atoms with E-state index in [1.165, 1.54) is 0 Å². The van der Waals surface area contributed by atoms with Crippen molar-refractivity contribution in [2.75, 3.05) is 47.4 Å². The normalized spacial score (nSPS) is 12.1. The summed E-state index contributed by atoms with van der Waals surface area (Å²) in [5.74, 6) is 5.48. The second-order valence-corrected chi connectivity index (χ2v) is 24.4. The van der Waals surface area contributed by atoms with E-state index in [9.17, 15) is 20.4 Å². The van der Waals surface area contributed by atoms with E-state index < -0.39 is 0 Å². The summed E-state index contributed by atoms with van der Waals surface area (Å²) in [5, 5.41) is 53.9. The first-order valence-electron chi connectivity index (χ1n) is 33.1. The number of nitrogens with two attached hydrogens (primary N) is 4. The van der Waals surface area contributed by atoms with Gasteiger partial charge in [-0.15, -0.1) is 0 Å². The van der Waals surface area contributed by atoms with E-state index in [0.717, 1.165) is 87.4 Å². The number of anilines is 4. The van der Waals surface area contributed by atoms with Gasteiger partial charge in [0, 0.05) is 131 Å². The number of rotatable bonds is 23. The largest absolute Gasteiger partial charge is 0.507 e. The highest BCUT2D eigenvalue weighted by molar-refractivity contribution is 5.79. The summed E-state index contributed by atoms with van der Waals surface area (Å²) in [5.41, 5.74) is 36.2. The standard InChI is InChI=1S/C21H24N4O.C20H25N5O.C19H23N5O.C16H22N4O/c1-3-16(22)12-23-21-18(15-7-5-4-6-8-15)13-24-20(25-21)17-11-14(2)9-10-19(17)26;1-4-16(21)11-22-19-9-13(2)23-20(24-19)17-10-14(5-6-18(17)26)15-7-8-25(3)12-15;1-3-15(20)11-22-18-6-8-21-19(23-18)16-10-13(4-5-17(16)25)14-7-9-24(2)12-14;1-4-12(17)9-18-15-8-11(3)19-16(20-15)13-7-10(2)5-6-14(13)21/h4-11,13,16,26H,3,12,22H2,1-2H3,(H,23,24,25);5-10,12,16,26H,4,11,21H2,1-3H3,(H,22,23,24);4-10,12,15,25H,3,11,20H2,1-2H3,(H,21,22,23);5-8,12,21H,4,9,17H2,1-3H3,(H,18,19,20)/t2*16-;15-;12-/m1111/s1. The van der Waals surface area contributed by atoms with Crippen molar-refractivity contribution in [1.82, 2.24) is 49.0 Å². The Morgan fingerprint density at radius 2 is 0.776 bits per heavy atom. The maximum absolute atomic E-state index is 10.4. The van der Waals surface area contributed by atoms with Gasteiger partial charge in [0.1, 0.15) is 46.3 Å². The third-order valence-corrected chi connectivity index (χ3v) is 16.1. The Labute approximate surface area is 574 Å². The van der Waals surface area contributed by atoms with Crippen LogP contribution in [0.4, 0.5) is 23.3 Å². The molecule has 22 heteroatoms. The van der Waals surface area contributed by atoms with Gasteiger partial charge < -0.3 is 73.8 Å². The number of benzene rings is 5. The van der Waals surface area contributed by atoms with Crippen LogP contribution < -0.4 is 44.2 Å². The molecule has 0 unspecified atom stereocenters. The zero-order valence-corrected chi connectivity index (χ0v) is 57.7. The van der Waals surface area contributed by atoms with E-state index in [1.54, 1.807) is 42.7 Å². The number of hydrogen-bond donors (Lipinski definition) is 12. The Bertz CT molecular complexity index is 4370. The van der Waals surface area contributed by atoms with Crippen LogP contribution >= 0.6 is 0 Å². The van der Waals surface area contributed by atoms with E-state index in [-0.39, 0.29) is 47.2 Å². The van der Waals surface area contributed by atoms with Crippen LogP contribution in [-0.2, 0) is 14.1 Å². The molecule has 512 valence electrons. The first-order chi connectivity index (χ1) is 47.1. The second kappa shape index (κ2) is 35.3. The summed E-state index contributed by atoms with van der Waals surface area (Å²) in [6, 6.07) is 41.6. The molecule has 6 heterocycles. The summed E-state index contributed by atoms with van der Waals surface area (Å²) in [7, 11) is 3.96. The number of phenolic OH excluding ortho intramolecular Hbond substituents is 4. The number of aromatic hydroxyl groups is 4. The van der Waals surface area contributed by atoms with Crippen LogP contribution in [0.2, 0.25) is 0 Å². The minimum absolute atomic E-state index is 0.0458.